The van der Waals surface area contributed by atoms with Gasteiger partial charge >= 0.3 is 11.4 Å². The van der Waals surface area contributed by atoms with Crippen LogP contribution in [0.2, 0.25) is 0 Å². The Bertz CT molecular complexity index is 3240. The number of fused-ring (bicyclic) bond motifs is 8. The molecular formula is C44H30N6O4. The summed E-state index contributed by atoms with van der Waals surface area (Å²) in [6.45, 7) is 0. The van der Waals surface area contributed by atoms with E-state index in [2.05, 4.69) is 6.08 Å². The number of furan rings is 1. The molecule has 1 aliphatic carbocycles. The topological polar surface area (TPSA) is 128 Å². The van der Waals surface area contributed by atoms with Crippen LogP contribution in [0.4, 0.5) is 11.4 Å². The van der Waals surface area contributed by atoms with Crippen LogP contribution in [0.1, 0.15) is 11.5 Å². The van der Waals surface area contributed by atoms with Crippen molar-refractivity contribution < 1.29 is 9.15 Å². The van der Waals surface area contributed by atoms with Gasteiger partial charge in [-0.3, -0.25) is 18.3 Å². The molecule has 2 aliphatic rings. The van der Waals surface area contributed by atoms with E-state index in [1.54, 1.807) is 30.4 Å². The number of aromatic nitrogens is 4. The minimum atomic E-state index is -0.328. The van der Waals surface area contributed by atoms with Crippen LogP contribution in [0.15, 0.2) is 160 Å². The average molecular weight is 707 g/mol. The van der Waals surface area contributed by atoms with Crippen LogP contribution in [-0.2, 0) is 0 Å². The highest BCUT2D eigenvalue weighted by atomic mass is 16.5. The van der Waals surface area contributed by atoms with Crippen molar-refractivity contribution >= 4 is 55.4 Å². The van der Waals surface area contributed by atoms with E-state index < -0.39 is 0 Å². The third kappa shape index (κ3) is 4.16. The van der Waals surface area contributed by atoms with E-state index in [0.29, 0.717) is 50.5 Å². The van der Waals surface area contributed by atoms with Crippen molar-refractivity contribution in [3.8, 4) is 28.5 Å². The monoisotopic (exact) mass is 706 g/mol. The van der Waals surface area contributed by atoms with Crippen LogP contribution in [0.5, 0.6) is 5.75 Å². The number of imidazole rings is 2. The first-order chi connectivity index (χ1) is 26.4. The molecule has 3 aromatic heterocycles. The molecule has 11 rings (SSSR count). The molecular weight excluding hydrogens is 677 g/mol. The smallest absolute Gasteiger partial charge is 0.338 e. The van der Waals surface area contributed by atoms with Crippen molar-refractivity contribution in [3.05, 3.63) is 172 Å². The van der Waals surface area contributed by atoms with Crippen molar-refractivity contribution in [3.63, 3.8) is 0 Å². The Morgan fingerprint density at radius 3 is 1.76 bits per heavy atom. The largest absolute Gasteiger partial charge is 0.485 e. The van der Waals surface area contributed by atoms with Gasteiger partial charge in [-0.2, -0.15) is 0 Å². The molecule has 10 nitrogen and oxygen atoms in total. The molecule has 4 N–H and O–H groups in total. The van der Waals surface area contributed by atoms with E-state index in [0.717, 1.165) is 33.3 Å². The molecule has 1 aliphatic heterocycles. The van der Waals surface area contributed by atoms with Gasteiger partial charge in [-0.1, -0.05) is 60.7 Å². The molecule has 6 aromatic carbocycles. The number of hydrogen-bond acceptors (Lipinski definition) is 6. The van der Waals surface area contributed by atoms with Crippen LogP contribution >= 0.6 is 0 Å². The van der Waals surface area contributed by atoms with Gasteiger partial charge in [0.05, 0.1) is 56.2 Å². The molecule has 54 heavy (non-hydrogen) atoms. The maximum atomic E-state index is 14.7. The number of nitrogen functional groups attached to an aromatic ring is 2. The number of nitrogens with zero attached hydrogens (tertiary/aromatic N) is 4. The molecule has 2 unspecified atom stereocenters. The fourth-order valence-electron chi connectivity index (χ4n) is 8.28. The summed E-state index contributed by atoms with van der Waals surface area (Å²) in [7, 11) is 0. The van der Waals surface area contributed by atoms with Crippen molar-refractivity contribution in [2.24, 2.45) is 0 Å². The fraction of sp³-hybridized carbons (Fsp3) is 0.0455. The molecule has 0 spiro atoms. The molecule has 0 amide bonds. The second-order valence-electron chi connectivity index (χ2n) is 13.7. The van der Waals surface area contributed by atoms with Gasteiger partial charge < -0.3 is 20.6 Å². The van der Waals surface area contributed by atoms with Crippen LogP contribution < -0.4 is 27.6 Å². The lowest BCUT2D eigenvalue weighted by atomic mass is 9.92. The van der Waals surface area contributed by atoms with E-state index >= 15 is 0 Å². The van der Waals surface area contributed by atoms with Gasteiger partial charge in [0.2, 0.25) is 0 Å². The standard InChI is InChI=1S/C44H30N6O4/c45-31-23-32(46)38(50-36-14-6-4-12-34(36)48(44(50)52)26-18-20-42-30(22-26)28-10-2-8-16-40(28)54-42)24-37(31)49-35-13-5-3-11-33(35)47(43(49)51)25-17-19-41-29(21-25)27-9-1-7-15-39(27)53-41/h1-24,27,39H,45-46H2. The second kappa shape index (κ2) is 11.0. The molecule has 260 valence electrons. The molecule has 0 fully saturated rings. The summed E-state index contributed by atoms with van der Waals surface area (Å²) in [5.74, 6) is 0.863. The number of para-hydroxylation sites is 5. The molecule has 9 aromatic rings. The third-order valence-electron chi connectivity index (χ3n) is 10.7. The van der Waals surface area contributed by atoms with Gasteiger partial charge in [-0.05, 0) is 84.9 Å². The zero-order valence-corrected chi connectivity index (χ0v) is 28.6. The van der Waals surface area contributed by atoms with E-state index in [1.807, 2.05) is 127 Å². The first-order valence-corrected chi connectivity index (χ1v) is 17.7. The van der Waals surface area contributed by atoms with Gasteiger partial charge in [-0.15, -0.1) is 0 Å². The molecule has 0 saturated carbocycles. The summed E-state index contributed by atoms with van der Waals surface area (Å²) in [6, 6.07) is 37.9. The first kappa shape index (κ1) is 30.2. The highest BCUT2D eigenvalue weighted by molar-refractivity contribution is 6.05. The zero-order chi connectivity index (χ0) is 36.2. The Hall–Kier alpha value is -7.46. The Kier molecular flexibility index (Phi) is 6.16. The Balaban J connectivity index is 1.11. The van der Waals surface area contributed by atoms with E-state index in [4.69, 9.17) is 20.6 Å². The predicted molar refractivity (Wildman–Crippen MR) is 213 cm³/mol. The minimum absolute atomic E-state index is 0.0608. The normalized spacial score (nSPS) is 16.1. The molecule has 2 atom stereocenters. The Morgan fingerprint density at radius 1 is 0.519 bits per heavy atom. The van der Waals surface area contributed by atoms with Gasteiger partial charge in [0, 0.05) is 22.3 Å². The van der Waals surface area contributed by atoms with Gasteiger partial charge in [0.15, 0.2) is 0 Å². The highest BCUT2D eigenvalue weighted by Gasteiger charge is 2.33. The summed E-state index contributed by atoms with van der Waals surface area (Å²) >= 11 is 0. The van der Waals surface area contributed by atoms with E-state index in [1.165, 1.54) is 0 Å². The summed E-state index contributed by atoms with van der Waals surface area (Å²) in [5.41, 5.74) is 20.7. The Labute approximate surface area is 306 Å². The first-order valence-electron chi connectivity index (χ1n) is 17.7. The molecule has 0 bridgehead atoms. The van der Waals surface area contributed by atoms with Crippen molar-refractivity contribution in [2.75, 3.05) is 11.5 Å². The molecule has 0 radical (unpaired) electrons. The van der Waals surface area contributed by atoms with Crippen LogP contribution in [0.3, 0.4) is 0 Å². The quantitative estimate of drug-likeness (QED) is 0.179. The predicted octanol–water partition coefficient (Wildman–Crippen LogP) is 7.91. The summed E-state index contributed by atoms with van der Waals surface area (Å²) in [5, 5.41) is 1.86. The minimum Gasteiger partial charge on any atom is -0.485 e. The number of allylic oxidation sites excluding steroid dienone is 2. The zero-order valence-electron chi connectivity index (χ0n) is 28.6. The number of ether oxygens (including phenoxy) is 1. The number of anilines is 2. The molecule has 4 heterocycles. The second-order valence-corrected chi connectivity index (χ2v) is 13.7. The number of rotatable bonds is 4. The van der Waals surface area contributed by atoms with Crippen LogP contribution in [0.25, 0.3) is 66.8 Å². The van der Waals surface area contributed by atoms with E-state index in [-0.39, 0.29) is 29.1 Å². The lowest BCUT2D eigenvalue weighted by Crippen LogP contribution is -2.25. The maximum Gasteiger partial charge on any atom is 0.338 e. The fourth-order valence-corrected chi connectivity index (χ4v) is 8.28. The van der Waals surface area contributed by atoms with E-state index in [9.17, 15) is 9.59 Å². The van der Waals surface area contributed by atoms with Gasteiger partial charge in [0.25, 0.3) is 0 Å². The number of nitrogens with two attached hydrogens (primary N) is 2. The van der Waals surface area contributed by atoms with Crippen LogP contribution in [-0.4, -0.2) is 24.4 Å². The van der Waals surface area contributed by atoms with Crippen molar-refractivity contribution in [2.45, 2.75) is 12.0 Å². The lowest BCUT2D eigenvalue weighted by Gasteiger charge is -2.14. The number of hydrogen-bond donors (Lipinski definition) is 2. The van der Waals surface area contributed by atoms with Crippen molar-refractivity contribution in [1.29, 1.82) is 0 Å². The van der Waals surface area contributed by atoms with Gasteiger partial charge in [0.1, 0.15) is 23.0 Å². The number of benzene rings is 6. The lowest BCUT2D eigenvalue weighted by molar-refractivity contribution is 0.269. The summed E-state index contributed by atoms with van der Waals surface area (Å²) < 4.78 is 18.8. The maximum absolute atomic E-state index is 14.7. The SMILES string of the molecule is Nc1cc(N)c(-n2c(=O)n(-c3ccc4oc5ccccc5c4c3)c3ccccc32)cc1-n1c(=O)n(-c2ccc3c(c2)C2C=CC=CC2O3)c2ccccc21. The molecule has 10 heteroatoms. The average Bonchev–Trinajstić information content (AvgIpc) is 3.91. The summed E-state index contributed by atoms with van der Waals surface area (Å²) in [4.78, 5) is 29.4. The van der Waals surface area contributed by atoms with Crippen LogP contribution in [0, 0.1) is 0 Å². The van der Waals surface area contributed by atoms with Gasteiger partial charge in [-0.25, -0.2) is 9.59 Å². The highest BCUT2D eigenvalue weighted by Crippen LogP contribution is 2.42. The Morgan fingerprint density at radius 2 is 1.07 bits per heavy atom. The molecule has 0 saturated heterocycles. The van der Waals surface area contributed by atoms with Crippen molar-refractivity contribution in [1.82, 2.24) is 18.3 Å². The third-order valence-corrected chi connectivity index (χ3v) is 10.7. The summed E-state index contributed by atoms with van der Waals surface area (Å²) in [6.07, 6.45) is 8.11.